The molecule has 128 valence electrons. The highest BCUT2D eigenvalue weighted by Crippen LogP contribution is 2.21. The normalized spacial score (nSPS) is 22.8. The van der Waals surface area contributed by atoms with Gasteiger partial charge in [0.15, 0.2) is 5.13 Å². The summed E-state index contributed by atoms with van der Waals surface area (Å²) >= 11 is 1.46. The van der Waals surface area contributed by atoms with Crippen molar-refractivity contribution < 1.29 is 9.53 Å². The van der Waals surface area contributed by atoms with E-state index < -0.39 is 0 Å². The van der Waals surface area contributed by atoms with Crippen molar-refractivity contribution in [3.05, 3.63) is 11.6 Å². The number of likely N-dealkylation sites (tertiary alicyclic amines) is 1. The Bertz CT molecular complexity index is 482. The minimum Gasteiger partial charge on any atom is -0.379 e. The number of rotatable bonds is 5. The molecule has 23 heavy (non-hydrogen) atoms. The smallest absolute Gasteiger partial charge is 0.243 e. The number of thiazole rings is 1. The summed E-state index contributed by atoms with van der Waals surface area (Å²) in [5.41, 5.74) is 0. The molecule has 2 saturated heterocycles. The molecule has 0 radical (unpaired) electrons. The molecule has 2 aliphatic rings. The Kier molecular flexibility index (Phi) is 5.99. The quantitative estimate of drug-likeness (QED) is 0.882. The third-order valence-corrected chi connectivity index (χ3v) is 5.55. The fourth-order valence-corrected chi connectivity index (χ4v) is 3.86. The van der Waals surface area contributed by atoms with Gasteiger partial charge in [-0.05, 0) is 38.8 Å². The third-order valence-electron chi connectivity index (χ3n) is 4.86. The van der Waals surface area contributed by atoms with Crippen LogP contribution in [0.2, 0.25) is 0 Å². The van der Waals surface area contributed by atoms with Crippen molar-refractivity contribution in [2.45, 2.75) is 25.8 Å². The van der Waals surface area contributed by atoms with Crippen LogP contribution in [-0.4, -0.2) is 72.7 Å². The largest absolute Gasteiger partial charge is 0.379 e. The highest BCUT2D eigenvalue weighted by Gasteiger charge is 2.28. The van der Waals surface area contributed by atoms with E-state index in [0.29, 0.717) is 5.13 Å². The molecule has 2 fully saturated rings. The van der Waals surface area contributed by atoms with Crippen LogP contribution in [0.5, 0.6) is 0 Å². The Labute approximate surface area is 141 Å². The van der Waals surface area contributed by atoms with Crippen LogP contribution >= 0.6 is 11.3 Å². The van der Waals surface area contributed by atoms with Crippen LogP contribution in [0.4, 0.5) is 5.13 Å². The molecule has 1 aromatic rings. The van der Waals surface area contributed by atoms with Crippen LogP contribution in [-0.2, 0) is 9.53 Å². The van der Waals surface area contributed by atoms with Gasteiger partial charge in [0.2, 0.25) is 5.91 Å². The maximum Gasteiger partial charge on any atom is 0.243 e. The van der Waals surface area contributed by atoms with E-state index >= 15 is 0 Å². The lowest BCUT2D eigenvalue weighted by molar-refractivity contribution is -0.121. The highest BCUT2D eigenvalue weighted by molar-refractivity contribution is 7.13. The Hall–Kier alpha value is -1.02. The van der Waals surface area contributed by atoms with Gasteiger partial charge in [-0.2, -0.15) is 0 Å². The minimum atomic E-state index is -0.0942. The zero-order valence-electron chi connectivity index (χ0n) is 13.7. The van der Waals surface area contributed by atoms with Crippen LogP contribution in [0.15, 0.2) is 11.6 Å². The lowest BCUT2D eigenvalue weighted by Gasteiger charge is -2.37. The number of hydrogen-bond acceptors (Lipinski definition) is 6. The number of ether oxygens (including phenoxy) is 1. The number of aromatic nitrogens is 1. The molecule has 0 spiro atoms. The van der Waals surface area contributed by atoms with Gasteiger partial charge in [0.25, 0.3) is 0 Å². The Morgan fingerprint density at radius 3 is 2.78 bits per heavy atom. The molecule has 0 saturated carbocycles. The van der Waals surface area contributed by atoms with E-state index in [1.165, 1.54) is 30.7 Å². The number of anilines is 1. The lowest BCUT2D eigenvalue weighted by atomic mass is 9.95. The van der Waals surface area contributed by atoms with Crippen molar-refractivity contribution in [1.29, 1.82) is 0 Å². The summed E-state index contributed by atoms with van der Waals surface area (Å²) in [6.07, 6.45) is 4.06. The summed E-state index contributed by atoms with van der Waals surface area (Å²) in [4.78, 5) is 21.2. The summed E-state index contributed by atoms with van der Waals surface area (Å²) < 4.78 is 5.41. The topological polar surface area (TPSA) is 57.7 Å². The monoisotopic (exact) mass is 338 g/mol. The molecule has 2 aliphatic heterocycles. The molecule has 6 nitrogen and oxygen atoms in total. The van der Waals surface area contributed by atoms with E-state index in [2.05, 4.69) is 20.1 Å². The molecule has 3 rings (SSSR count). The van der Waals surface area contributed by atoms with Crippen LogP contribution < -0.4 is 5.32 Å². The van der Waals surface area contributed by atoms with Crippen LogP contribution in [0, 0.1) is 5.92 Å². The number of nitrogens with one attached hydrogen (secondary N) is 1. The minimum absolute atomic E-state index is 0.0478. The molecule has 0 bridgehead atoms. The predicted octanol–water partition coefficient (Wildman–Crippen LogP) is 1.51. The number of amides is 1. The van der Waals surface area contributed by atoms with Crippen LogP contribution in [0.3, 0.4) is 0 Å². The Morgan fingerprint density at radius 2 is 2.13 bits per heavy atom. The SMILES string of the molecule is C[C@@H](C(=O)Nc1nccs1)N1CCC(CN2CCOCC2)CC1. The second kappa shape index (κ2) is 8.19. The molecule has 1 amide bonds. The number of hydrogen-bond donors (Lipinski definition) is 1. The van der Waals surface area contributed by atoms with Crippen molar-refractivity contribution in [2.75, 3.05) is 51.3 Å². The van der Waals surface area contributed by atoms with Gasteiger partial charge in [-0.1, -0.05) is 0 Å². The van der Waals surface area contributed by atoms with Crippen molar-refractivity contribution in [3.8, 4) is 0 Å². The lowest BCUT2D eigenvalue weighted by Crippen LogP contribution is -2.48. The molecular weight excluding hydrogens is 312 g/mol. The van der Waals surface area contributed by atoms with Crippen molar-refractivity contribution in [2.24, 2.45) is 5.92 Å². The number of morpholine rings is 1. The maximum absolute atomic E-state index is 12.3. The molecule has 1 aromatic heterocycles. The molecule has 7 heteroatoms. The van der Waals surface area contributed by atoms with Gasteiger partial charge in [0.05, 0.1) is 19.3 Å². The standard InChI is InChI=1S/C16H26N4O2S/c1-13(15(21)18-16-17-4-11-23-16)20-5-2-14(3-6-20)12-19-7-9-22-10-8-19/h4,11,13-14H,2-3,5-10,12H2,1H3,(H,17,18,21)/t13-/m0/s1. The first-order chi connectivity index (χ1) is 11.2. The van der Waals surface area contributed by atoms with E-state index in [0.717, 1.165) is 45.3 Å². The first-order valence-electron chi connectivity index (χ1n) is 8.47. The summed E-state index contributed by atoms with van der Waals surface area (Å²) in [6.45, 7) is 9.03. The van der Waals surface area contributed by atoms with Crippen molar-refractivity contribution >= 4 is 22.4 Å². The summed E-state index contributed by atoms with van der Waals surface area (Å²) in [6, 6.07) is -0.0942. The van der Waals surface area contributed by atoms with Gasteiger partial charge in [-0.25, -0.2) is 4.98 Å². The average Bonchev–Trinajstić information content (AvgIpc) is 3.09. The van der Waals surface area contributed by atoms with Gasteiger partial charge >= 0.3 is 0 Å². The van der Waals surface area contributed by atoms with E-state index in [9.17, 15) is 4.79 Å². The van der Waals surface area contributed by atoms with Crippen molar-refractivity contribution in [3.63, 3.8) is 0 Å². The number of carbonyl (C=O) groups is 1. The van der Waals surface area contributed by atoms with Crippen LogP contribution in [0.1, 0.15) is 19.8 Å². The maximum atomic E-state index is 12.3. The van der Waals surface area contributed by atoms with Crippen LogP contribution in [0.25, 0.3) is 0 Å². The van der Waals surface area contributed by atoms with Gasteiger partial charge in [-0.15, -0.1) is 11.3 Å². The number of carbonyl (C=O) groups excluding carboxylic acids is 1. The first kappa shape index (κ1) is 16.8. The second-order valence-corrected chi connectivity index (χ2v) is 7.29. The molecule has 0 aromatic carbocycles. The first-order valence-corrected chi connectivity index (χ1v) is 9.35. The summed E-state index contributed by atoms with van der Waals surface area (Å²) in [7, 11) is 0. The molecular formula is C16H26N4O2S. The number of nitrogens with zero attached hydrogens (tertiary/aromatic N) is 3. The van der Waals surface area contributed by atoms with Gasteiger partial charge in [0.1, 0.15) is 0 Å². The summed E-state index contributed by atoms with van der Waals surface area (Å²) in [5, 5.41) is 5.46. The van der Waals surface area contributed by atoms with E-state index in [1.807, 2.05) is 12.3 Å². The molecule has 0 unspecified atom stereocenters. The molecule has 1 N–H and O–H groups in total. The van der Waals surface area contributed by atoms with Gasteiger partial charge < -0.3 is 10.1 Å². The summed E-state index contributed by atoms with van der Waals surface area (Å²) in [5.74, 6) is 0.796. The van der Waals surface area contributed by atoms with Gasteiger partial charge in [0, 0.05) is 31.2 Å². The Morgan fingerprint density at radius 1 is 1.39 bits per heavy atom. The zero-order valence-corrected chi connectivity index (χ0v) is 14.6. The molecule has 3 heterocycles. The second-order valence-electron chi connectivity index (χ2n) is 6.39. The average molecular weight is 338 g/mol. The fourth-order valence-electron chi connectivity index (χ4n) is 3.33. The third kappa shape index (κ3) is 4.73. The molecule has 1 atom stereocenters. The highest BCUT2D eigenvalue weighted by atomic mass is 32.1. The molecule has 0 aliphatic carbocycles. The van der Waals surface area contributed by atoms with E-state index in [1.54, 1.807) is 6.20 Å². The van der Waals surface area contributed by atoms with E-state index in [4.69, 9.17) is 4.74 Å². The van der Waals surface area contributed by atoms with Crippen molar-refractivity contribution in [1.82, 2.24) is 14.8 Å². The predicted molar refractivity (Wildman–Crippen MR) is 91.8 cm³/mol. The number of piperidine rings is 1. The van der Waals surface area contributed by atoms with Gasteiger partial charge in [-0.3, -0.25) is 14.6 Å². The van der Waals surface area contributed by atoms with E-state index in [-0.39, 0.29) is 11.9 Å². The zero-order chi connectivity index (χ0) is 16.1. The Balaban J connectivity index is 1.41. The fraction of sp³-hybridized carbons (Fsp3) is 0.750.